The van der Waals surface area contributed by atoms with Gasteiger partial charge in [0.25, 0.3) is 0 Å². The number of nitrogens with one attached hydrogen (secondary N) is 1. The minimum atomic E-state index is 0.376. The fourth-order valence-corrected chi connectivity index (χ4v) is 2.72. The van der Waals surface area contributed by atoms with Gasteiger partial charge in [-0.25, -0.2) is 0 Å². The minimum Gasteiger partial charge on any atom is -0.491 e. The first-order chi connectivity index (χ1) is 11.5. The van der Waals surface area contributed by atoms with Crippen LogP contribution in [0.15, 0.2) is 42.5 Å². The van der Waals surface area contributed by atoms with Crippen LogP contribution in [0.2, 0.25) is 0 Å². The van der Waals surface area contributed by atoms with Gasteiger partial charge in [-0.2, -0.15) is 0 Å². The van der Waals surface area contributed by atoms with Gasteiger partial charge >= 0.3 is 0 Å². The topological polar surface area (TPSA) is 24.5 Å². The van der Waals surface area contributed by atoms with Crippen LogP contribution in [0, 0.1) is 13.8 Å². The van der Waals surface area contributed by atoms with E-state index in [1.807, 2.05) is 7.05 Å². The Morgan fingerprint density at radius 1 is 1.04 bits per heavy atom. The molecular formula is C21H30N2O. The van der Waals surface area contributed by atoms with Crippen molar-refractivity contribution in [3.05, 3.63) is 59.2 Å². The van der Waals surface area contributed by atoms with E-state index in [9.17, 15) is 0 Å². The zero-order valence-corrected chi connectivity index (χ0v) is 15.6. The highest BCUT2D eigenvalue weighted by molar-refractivity contribution is 5.43. The monoisotopic (exact) mass is 326 g/mol. The molecule has 0 amide bonds. The van der Waals surface area contributed by atoms with Gasteiger partial charge in [0.1, 0.15) is 12.4 Å². The summed E-state index contributed by atoms with van der Waals surface area (Å²) in [4.78, 5) is 2.36. The molecule has 0 aliphatic heterocycles. The highest BCUT2D eigenvalue weighted by Gasteiger charge is 2.12. The van der Waals surface area contributed by atoms with Crippen LogP contribution in [0.1, 0.15) is 23.6 Å². The zero-order valence-electron chi connectivity index (χ0n) is 15.6. The van der Waals surface area contributed by atoms with E-state index < -0.39 is 0 Å². The first-order valence-corrected chi connectivity index (χ1v) is 8.67. The number of aryl methyl sites for hydroxylation is 2. The lowest BCUT2D eigenvalue weighted by atomic mass is 10.1. The first kappa shape index (κ1) is 18.3. The van der Waals surface area contributed by atoms with Crippen LogP contribution in [0.5, 0.6) is 5.75 Å². The lowest BCUT2D eigenvalue weighted by molar-refractivity contribution is 0.173. The molecule has 0 bridgehead atoms. The molecule has 130 valence electrons. The third-order valence-corrected chi connectivity index (χ3v) is 4.63. The smallest absolute Gasteiger partial charge is 0.125 e. The lowest BCUT2D eigenvalue weighted by Gasteiger charge is -2.25. The number of nitrogens with zero attached hydrogens (tertiary/aromatic N) is 1. The number of rotatable bonds is 8. The van der Waals surface area contributed by atoms with Crippen molar-refractivity contribution in [3.8, 4) is 5.75 Å². The summed E-state index contributed by atoms with van der Waals surface area (Å²) >= 11 is 0. The fourth-order valence-electron chi connectivity index (χ4n) is 2.72. The van der Waals surface area contributed by atoms with Gasteiger partial charge in [-0.05, 0) is 63.1 Å². The molecule has 2 aromatic carbocycles. The van der Waals surface area contributed by atoms with E-state index >= 15 is 0 Å². The molecule has 0 saturated carbocycles. The molecule has 0 radical (unpaired) electrons. The Balaban J connectivity index is 1.82. The molecule has 2 rings (SSSR count). The average molecular weight is 326 g/mol. The van der Waals surface area contributed by atoms with Gasteiger partial charge < -0.3 is 10.1 Å². The SMILES string of the molecule is CNc1ccc(CCN(C)[C@@H](C)COc2c(C)cccc2C)cc1. The van der Waals surface area contributed by atoms with Crippen molar-refractivity contribution < 1.29 is 4.74 Å². The largest absolute Gasteiger partial charge is 0.491 e. The third kappa shape index (κ3) is 5.00. The van der Waals surface area contributed by atoms with Crippen molar-refractivity contribution in [3.63, 3.8) is 0 Å². The molecule has 0 fully saturated rings. The maximum atomic E-state index is 6.08. The number of benzene rings is 2. The maximum absolute atomic E-state index is 6.08. The second kappa shape index (κ2) is 8.74. The van der Waals surface area contributed by atoms with Crippen LogP contribution in [-0.4, -0.2) is 38.2 Å². The Morgan fingerprint density at radius 2 is 1.67 bits per heavy atom. The molecular weight excluding hydrogens is 296 g/mol. The molecule has 0 unspecified atom stereocenters. The maximum Gasteiger partial charge on any atom is 0.125 e. The highest BCUT2D eigenvalue weighted by Crippen LogP contribution is 2.22. The fraction of sp³-hybridized carbons (Fsp3) is 0.429. The summed E-state index contributed by atoms with van der Waals surface area (Å²) in [5.41, 5.74) is 4.93. The van der Waals surface area contributed by atoms with Crippen LogP contribution in [0.25, 0.3) is 0 Å². The summed E-state index contributed by atoms with van der Waals surface area (Å²) < 4.78 is 6.08. The Morgan fingerprint density at radius 3 is 2.25 bits per heavy atom. The van der Waals surface area contributed by atoms with Crippen LogP contribution in [-0.2, 0) is 6.42 Å². The molecule has 0 heterocycles. The molecule has 3 nitrogen and oxygen atoms in total. The molecule has 3 heteroatoms. The summed E-state index contributed by atoms with van der Waals surface area (Å²) in [6.45, 7) is 8.16. The van der Waals surface area contributed by atoms with E-state index in [4.69, 9.17) is 4.74 Å². The number of hydrogen-bond donors (Lipinski definition) is 1. The molecule has 24 heavy (non-hydrogen) atoms. The molecule has 0 aliphatic carbocycles. The summed E-state index contributed by atoms with van der Waals surface area (Å²) in [5.74, 6) is 1.03. The quantitative estimate of drug-likeness (QED) is 0.783. The Hall–Kier alpha value is -2.00. The molecule has 1 atom stereocenters. The van der Waals surface area contributed by atoms with Crippen molar-refractivity contribution in [2.75, 3.05) is 32.6 Å². The van der Waals surface area contributed by atoms with Crippen molar-refractivity contribution in [1.29, 1.82) is 0 Å². The Bertz CT molecular complexity index is 617. The van der Waals surface area contributed by atoms with E-state index in [-0.39, 0.29) is 0 Å². The average Bonchev–Trinajstić information content (AvgIpc) is 2.59. The second-order valence-electron chi connectivity index (χ2n) is 6.56. The second-order valence-corrected chi connectivity index (χ2v) is 6.56. The van der Waals surface area contributed by atoms with E-state index in [0.717, 1.165) is 24.4 Å². The van der Waals surface area contributed by atoms with Crippen LogP contribution < -0.4 is 10.1 Å². The predicted octanol–water partition coefficient (Wildman–Crippen LogP) is 4.29. The van der Waals surface area contributed by atoms with Crippen molar-refractivity contribution in [2.24, 2.45) is 0 Å². The summed E-state index contributed by atoms with van der Waals surface area (Å²) in [6, 6.07) is 15.3. The Kier molecular flexibility index (Phi) is 6.68. The first-order valence-electron chi connectivity index (χ1n) is 8.67. The van der Waals surface area contributed by atoms with E-state index in [1.165, 1.54) is 16.7 Å². The van der Waals surface area contributed by atoms with Gasteiger partial charge in [0.05, 0.1) is 0 Å². The van der Waals surface area contributed by atoms with Gasteiger partial charge in [0, 0.05) is 25.3 Å². The number of para-hydroxylation sites is 1. The summed E-state index contributed by atoms with van der Waals surface area (Å²) in [7, 11) is 4.11. The Labute approximate surface area is 146 Å². The van der Waals surface area contributed by atoms with Crippen LogP contribution in [0.3, 0.4) is 0 Å². The van der Waals surface area contributed by atoms with Crippen LogP contribution in [0.4, 0.5) is 5.69 Å². The van der Waals surface area contributed by atoms with E-state index in [1.54, 1.807) is 0 Å². The lowest BCUT2D eigenvalue weighted by Crippen LogP contribution is -2.35. The minimum absolute atomic E-state index is 0.376. The summed E-state index contributed by atoms with van der Waals surface area (Å²) in [5, 5.41) is 3.15. The molecule has 0 aromatic heterocycles. The highest BCUT2D eigenvalue weighted by atomic mass is 16.5. The summed E-state index contributed by atoms with van der Waals surface area (Å²) in [6.07, 6.45) is 1.05. The molecule has 0 aliphatic rings. The van der Waals surface area contributed by atoms with E-state index in [0.29, 0.717) is 12.6 Å². The normalized spacial score (nSPS) is 12.2. The molecule has 0 spiro atoms. The molecule has 1 N–H and O–H groups in total. The van der Waals surface area contributed by atoms with Gasteiger partial charge in [-0.15, -0.1) is 0 Å². The zero-order chi connectivity index (χ0) is 17.5. The number of likely N-dealkylation sites (N-methyl/N-ethyl adjacent to an activating group) is 1. The van der Waals surface area contributed by atoms with Gasteiger partial charge in [0.2, 0.25) is 0 Å². The van der Waals surface area contributed by atoms with Crippen molar-refractivity contribution in [2.45, 2.75) is 33.2 Å². The van der Waals surface area contributed by atoms with Gasteiger partial charge in [-0.1, -0.05) is 30.3 Å². The number of ether oxygens (including phenoxy) is 1. The third-order valence-electron chi connectivity index (χ3n) is 4.63. The van der Waals surface area contributed by atoms with Crippen LogP contribution >= 0.6 is 0 Å². The molecule has 2 aromatic rings. The molecule has 0 saturated heterocycles. The number of anilines is 1. The number of hydrogen-bond acceptors (Lipinski definition) is 3. The van der Waals surface area contributed by atoms with E-state index in [2.05, 4.69) is 80.5 Å². The van der Waals surface area contributed by atoms with Gasteiger partial charge in [-0.3, -0.25) is 4.90 Å². The van der Waals surface area contributed by atoms with Crippen molar-refractivity contribution in [1.82, 2.24) is 4.90 Å². The van der Waals surface area contributed by atoms with Gasteiger partial charge in [0.15, 0.2) is 0 Å². The standard InChI is InChI=1S/C21H30N2O/c1-16-7-6-8-17(2)21(16)24-15-18(3)23(5)14-13-19-9-11-20(22-4)12-10-19/h6-12,18,22H,13-15H2,1-5H3/t18-/m0/s1. The van der Waals surface area contributed by atoms with Crippen molar-refractivity contribution >= 4 is 5.69 Å². The predicted molar refractivity (Wildman–Crippen MR) is 103 cm³/mol.